The van der Waals surface area contributed by atoms with Crippen molar-refractivity contribution in [1.29, 1.82) is 0 Å². The number of rotatable bonds is 5. The first-order chi connectivity index (χ1) is 9.61. The Morgan fingerprint density at radius 1 is 1.19 bits per heavy atom. The van der Waals surface area contributed by atoms with Gasteiger partial charge < -0.3 is 10.0 Å². The molecule has 0 unspecified atom stereocenters. The molecule has 1 aromatic rings. The molecule has 0 heterocycles. The molecule has 0 aromatic heterocycles. The molecule has 0 radical (unpaired) electrons. The van der Waals surface area contributed by atoms with Crippen molar-refractivity contribution in [3.63, 3.8) is 0 Å². The van der Waals surface area contributed by atoms with Gasteiger partial charge >= 0.3 is 5.97 Å². The van der Waals surface area contributed by atoms with Crippen LogP contribution in [0.5, 0.6) is 0 Å². The second kappa shape index (κ2) is 7.14. The lowest BCUT2D eigenvalue weighted by Crippen LogP contribution is -2.45. The van der Waals surface area contributed by atoms with Crippen molar-refractivity contribution < 1.29 is 14.7 Å². The lowest BCUT2D eigenvalue weighted by Gasteiger charge is -2.36. The molecule has 116 valence electrons. The van der Waals surface area contributed by atoms with Gasteiger partial charge in [-0.3, -0.25) is 9.59 Å². The fraction of sp³-hybridized carbons (Fsp3) is 0.467. The molecule has 0 spiro atoms. The molecule has 6 heteroatoms. The van der Waals surface area contributed by atoms with Crippen LogP contribution >= 0.6 is 23.2 Å². The van der Waals surface area contributed by atoms with Crippen LogP contribution in [0.3, 0.4) is 0 Å². The number of hydrogen-bond donors (Lipinski definition) is 1. The van der Waals surface area contributed by atoms with Crippen LogP contribution in [0, 0.1) is 0 Å². The number of aliphatic carboxylic acids is 1. The minimum Gasteiger partial charge on any atom is -0.481 e. The summed E-state index contributed by atoms with van der Waals surface area (Å²) in [4.78, 5) is 24.5. The van der Waals surface area contributed by atoms with Crippen LogP contribution in [-0.4, -0.2) is 27.4 Å². The lowest BCUT2D eigenvalue weighted by molar-refractivity contribution is -0.143. The molecule has 0 saturated heterocycles. The molecule has 4 nitrogen and oxygen atoms in total. The van der Waals surface area contributed by atoms with Gasteiger partial charge in [-0.1, -0.05) is 29.3 Å². The van der Waals surface area contributed by atoms with E-state index >= 15 is 0 Å². The molecule has 1 rings (SSSR count). The molecular formula is C15H19Cl2NO3. The Balaban J connectivity index is 2.93. The highest BCUT2D eigenvalue weighted by Crippen LogP contribution is 2.26. The van der Waals surface area contributed by atoms with Crippen molar-refractivity contribution >= 4 is 35.1 Å². The first-order valence-corrected chi connectivity index (χ1v) is 7.33. The predicted molar refractivity (Wildman–Crippen MR) is 83.6 cm³/mol. The van der Waals surface area contributed by atoms with Crippen LogP contribution in [0.2, 0.25) is 10.0 Å². The van der Waals surface area contributed by atoms with Gasteiger partial charge in [-0.2, -0.15) is 0 Å². The number of carbonyl (C=O) groups is 2. The zero-order valence-corrected chi connectivity index (χ0v) is 13.8. The molecule has 1 amide bonds. The summed E-state index contributed by atoms with van der Waals surface area (Å²) in [5.74, 6) is -1.20. The van der Waals surface area contributed by atoms with Crippen LogP contribution in [-0.2, 0) is 16.1 Å². The second-order valence-corrected chi connectivity index (χ2v) is 6.62. The molecule has 0 aliphatic rings. The Bertz CT molecular complexity index is 538. The van der Waals surface area contributed by atoms with Crippen LogP contribution in [0.4, 0.5) is 0 Å². The largest absolute Gasteiger partial charge is 0.481 e. The minimum absolute atomic E-state index is 0.0299. The maximum absolute atomic E-state index is 12.3. The Morgan fingerprint density at radius 3 is 2.29 bits per heavy atom. The van der Waals surface area contributed by atoms with Gasteiger partial charge in [0.1, 0.15) is 0 Å². The maximum atomic E-state index is 12.3. The van der Waals surface area contributed by atoms with E-state index in [1.165, 1.54) is 0 Å². The normalized spacial score (nSPS) is 11.3. The second-order valence-electron chi connectivity index (χ2n) is 5.78. The summed E-state index contributed by atoms with van der Waals surface area (Å²) in [5, 5.41) is 9.72. The third kappa shape index (κ3) is 5.56. The summed E-state index contributed by atoms with van der Waals surface area (Å²) in [6, 6.07) is 5.11. The number of carbonyl (C=O) groups excluding carboxylic acids is 1. The summed E-state index contributed by atoms with van der Waals surface area (Å²) < 4.78 is 0. The van der Waals surface area contributed by atoms with Gasteiger partial charge in [0.15, 0.2) is 0 Å². The average Bonchev–Trinajstić information content (AvgIpc) is 2.33. The summed E-state index contributed by atoms with van der Waals surface area (Å²) >= 11 is 12.0. The number of amides is 1. The quantitative estimate of drug-likeness (QED) is 0.887. The molecule has 21 heavy (non-hydrogen) atoms. The van der Waals surface area contributed by atoms with Crippen molar-refractivity contribution in [3.8, 4) is 0 Å². The Morgan fingerprint density at radius 2 is 1.81 bits per heavy atom. The minimum atomic E-state index is -0.985. The van der Waals surface area contributed by atoms with E-state index in [2.05, 4.69) is 0 Å². The molecule has 0 bridgehead atoms. The maximum Gasteiger partial charge on any atom is 0.303 e. The molecule has 1 aromatic carbocycles. The zero-order chi connectivity index (χ0) is 16.2. The van der Waals surface area contributed by atoms with E-state index in [1.54, 1.807) is 23.1 Å². The number of benzene rings is 1. The highest BCUT2D eigenvalue weighted by atomic mass is 35.5. The monoisotopic (exact) mass is 331 g/mol. The van der Waals surface area contributed by atoms with E-state index in [9.17, 15) is 9.59 Å². The van der Waals surface area contributed by atoms with E-state index < -0.39 is 11.5 Å². The van der Waals surface area contributed by atoms with Gasteiger partial charge in [0.05, 0.1) is 6.42 Å². The van der Waals surface area contributed by atoms with Crippen molar-refractivity contribution in [3.05, 3.63) is 33.8 Å². The van der Waals surface area contributed by atoms with E-state index in [4.69, 9.17) is 28.3 Å². The van der Waals surface area contributed by atoms with Gasteiger partial charge in [0, 0.05) is 28.5 Å². The third-order valence-corrected chi connectivity index (χ3v) is 3.59. The number of carboxylic acids is 1. The zero-order valence-electron chi connectivity index (χ0n) is 12.3. The molecule has 0 fully saturated rings. The lowest BCUT2D eigenvalue weighted by atomic mass is 10.0. The third-order valence-electron chi connectivity index (χ3n) is 3.01. The highest BCUT2D eigenvalue weighted by molar-refractivity contribution is 6.35. The van der Waals surface area contributed by atoms with E-state index in [0.29, 0.717) is 16.6 Å². The smallest absolute Gasteiger partial charge is 0.303 e. The van der Waals surface area contributed by atoms with E-state index in [0.717, 1.165) is 5.56 Å². The van der Waals surface area contributed by atoms with Crippen LogP contribution < -0.4 is 0 Å². The van der Waals surface area contributed by atoms with Crippen LogP contribution in [0.25, 0.3) is 0 Å². The van der Waals surface area contributed by atoms with Gasteiger partial charge in [0.25, 0.3) is 0 Å². The predicted octanol–water partition coefficient (Wildman–Crippen LogP) is 3.99. The Kier molecular flexibility index (Phi) is 6.05. The van der Waals surface area contributed by atoms with E-state index in [-0.39, 0.29) is 18.7 Å². The fourth-order valence-corrected chi connectivity index (χ4v) is 2.34. The first kappa shape index (κ1) is 17.8. The van der Waals surface area contributed by atoms with Crippen molar-refractivity contribution in [1.82, 2.24) is 4.90 Å². The summed E-state index contributed by atoms with van der Waals surface area (Å²) in [6.45, 7) is 6.01. The Hall–Kier alpha value is -1.26. The number of hydrogen-bond acceptors (Lipinski definition) is 2. The van der Waals surface area contributed by atoms with Gasteiger partial charge in [-0.05, 0) is 38.5 Å². The van der Waals surface area contributed by atoms with Crippen molar-refractivity contribution in [2.45, 2.75) is 45.7 Å². The molecular weight excluding hydrogens is 313 g/mol. The molecule has 1 N–H and O–H groups in total. The summed E-state index contributed by atoms with van der Waals surface area (Å²) in [7, 11) is 0. The Labute approximate surface area is 134 Å². The van der Waals surface area contributed by atoms with Gasteiger partial charge in [-0.25, -0.2) is 0 Å². The number of nitrogens with zero attached hydrogens (tertiary/aromatic N) is 1. The van der Waals surface area contributed by atoms with E-state index in [1.807, 2.05) is 20.8 Å². The SMILES string of the molecule is CC(C)(C)N(Cc1ccc(Cl)cc1Cl)C(=O)CCC(=O)O. The first-order valence-electron chi connectivity index (χ1n) is 6.57. The van der Waals surface area contributed by atoms with Crippen LogP contribution in [0.1, 0.15) is 39.2 Å². The highest BCUT2D eigenvalue weighted by Gasteiger charge is 2.27. The number of carboxylic acid groups (broad SMARTS) is 1. The standard InChI is InChI=1S/C15H19Cl2NO3/c1-15(2,3)18(13(19)6-7-14(20)21)9-10-4-5-11(16)8-12(10)17/h4-5,8H,6-7,9H2,1-3H3,(H,20,21). The number of halogens is 2. The van der Waals surface area contributed by atoms with Crippen molar-refractivity contribution in [2.75, 3.05) is 0 Å². The van der Waals surface area contributed by atoms with Crippen LogP contribution in [0.15, 0.2) is 18.2 Å². The topological polar surface area (TPSA) is 57.6 Å². The molecule has 0 atom stereocenters. The van der Waals surface area contributed by atoms with Gasteiger partial charge in [-0.15, -0.1) is 0 Å². The summed E-state index contributed by atoms with van der Waals surface area (Å²) in [5.41, 5.74) is 0.345. The molecule has 0 saturated carbocycles. The summed E-state index contributed by atoms with van der Waals surface area (Å²) in [6.07, 6.45) is -0.211. The van der Waals surface area contributed by atoms with Gasteiger partial charge in [0.2, 0.25) is 5.91 Å². The molecule has 0 aliphatic heterocycles. The fourth-order valence-electron chi connectivity index (χ4n) is 1.87. The van der Waals surface area contributed by atoms with Crippen molar-refractivity contribution in [2.24, 2.45) is 0 Å². The molecule has 0 aliphatic carbocycles. The average molecular weight is 332 g/mol.